The number of nitrogens with one attached hydrogen (secondary N) is 1. The zero-order valence-electron chi connectivity index (χ0n) is 13.3. The Balaban J connectivity index is 1.73. The second-order valence-electron chi connectivity index (χ2n) is 6.81. The first kappa shape index (κ1) is 15.1. The highest BCUT2D eigenvalue weighted by molar-refractivity contribution is 6.23. The summed E-state index contributed by atoms with van der Waals surface area (Å²) in [5, 5.41) is 2.53. The van der Waals surface area contributed by atoms with E-state index >= 15 is 0 Å². The van der Waals surface area contributed by atoms with Gasteiger partial charge in [-0.3, -0.25) is 24.1 Å². The number of fused-ring (bicyclic) bond motifs is 2. The van der Waals surface area contributed by atoms with Crippen molar-refractivity contribution in [1.82, 2.24) is 5.32 Å². The Hall–Kier alpha value is -2.50. The summed E-state index contributed by atoms with van der Waals surface area (Å²) in [5.74, 6) is -1.89. The molecule has 1 saturated heterocycles. The molecule has 1 aliphatic heterocycles. The number of benzene rings is 1. The van der Waals surface area contributed by atoms with Crippen LogP contribution in [0.25, 0.3) is 0 Å². The Labute approximate surface area is 139 Å². The van der Waals surface area contributed by atoms with Gasteiger partial charge in [-0.05, 0) is 37.0 Å². The molecule has 3 saturated carbocycles. The van der Waals surface area contributed by atoms with E-state index in [4.69, 9.17) is 0 Å². The van der Waals surface area contributed by atoms with Crippen molar-refractivity contribution < 1.29 is 19.2 Å². The van der Waals surface area contributed by atoms with Gasteiger partial charge >= 0.3 is 0 Å². The van der Waals surface area contributed by atoms with Gasteiger partial charge in [0.05, 0.1) is 17.5 Å². The zero-order valence-corrected chi connectivity index (χ0v) is 13.3. The fraction of sp³-hybridized carbons (Fsp3) is 0.444. The van der Waals surface area contributed by atoms with Crippen LogP contribution >= 0.6 is 0 Å². The molecule has 0 spiro atoms. The molecule has 4 aliphatic rings. The third kappa shape index (κ3) is 1.95. The van der Waals surface area contributed by atoms with Gasteiger partial charge in [0, 0.05) is 24.9 Å². The Morgan fingerprint density at radius 3 is 2.58 bits per heavy atom. The molecule has 0 radical (unpaired) electrons. The second kappa shape index (κ2) is 5.26. The van der Waals surface area contributed by atoms with Gasteiger partial charge in [0.1, 0.15) is 5.78 Å². The molecule has 6 heteroatoms. The number of hydrogen-bond acceptors (Lipinski definition) is 4. The average molecular weight is 326 g/mol. The lowest BCUT2D eigenvalue weighted by Gasteiger charge is -2.41. The van der Waals surface area contributed by atoms with Crippen molar-refractivity contribution in [1.29, 1.82) is 0 Å². The molecular weight excluding hydrogens is 308 g/mol. The van der Waals surface area contributed by atoms with E-state index < -0.39 is 5.92 Å². The molecule has 4 fully saturated rings. The molecule has 124 valence electrons. The quantitative estimate of drug-likeness (QED) is 0.827. The maximum atomic E-state index is 12.9. The maximum Gasteiger partial charge on any atom is 0.251 e. The minimum absolute atomic E-state index is 0.0175. The van der Waals surface area contributed by atoms with E-state index in [1.807, 2.05) is 0 Å². The minimum Gasteiger partial charge on any atom is -0.355 e. The van der Waals surface area contributed by atoms with Crippen LogP contribution in [0.15, 0.2) is 24.3 Å². The smallest absolute Gasteiger partial charge is 0.251 e. The molecule has 1 unspecified atom stereocenters. The number of Topliss-reactive ketones (excluding diaryl/α,β-unsaturated/α-hetero) is 1. The number of carbonyl (C=O) groups is 4. The number of anilines is 1. The van der Waals surface area contributed by atoms with Gasteiger partial charge in [-0.2, -0.15) is 0 Å². The fourth-order valence-corrected chi connectivity index (χ4v) is 4.57. The van der Waals surface area contributed by atoms with Crippen molar-refractivity contribution in [3.63, 3.8) is 0 Å². The Bertz CT molecular complexity index is 772. The summed E-state index contributed by atoms with van der Waals surface area (Å²) in [7, 11) is 1.53. The molecule has 1 N–H and O–H groups in total. The summed E-state index contributed by atoms with van der Waals surface area (Å²) in [6, 6.07) is 6.49. The third-order valence-corrected chi connectivity index (χ3v) is 5.66. The summed E-state index contributed by atoms with van der Waals surface area (Å²) >= 11 is 0. The van der Waals surface area contributed by atoms with Crippen LogP contribution in [0.5, 0.6) is 0 Å². The van der Waals surface area contributed by atoms with Crippen LogP contribution < -0.4 is 10.2 Å². The first-order chi connectivity index (χ1) is 11.5. The number of imide groups is 1. The van der Waals surface area contributed by atoms with Crippen molar-refractivity contribution in [3.8, 4) is 0 Å². The Morgan fingerprint density at radius 1 is 1.12 bits per heavy atom. The Kier molecular flexibility index (Phi) is 3.30. The van der Waals surface area contributed by atoms with Crippen LogP contribution in [-0.2, 0) is 14.4 Å². The van der Waals surface area contributed by atoms with Crippen molar-refractivity contribution in [3.05, 3.63) is 29.8 Å². The molecule has 1 aromatic carbocycles. The zero-order chi connectivity index (χ0) is 17.0. The van der Waals surface area contributed by atoms with Gasteiger partial charge in [-0.15, -0.1) is 0 Å². The van der Waals surface area contributed by atoms with E-state index in [1.54, 1.807) is 24.3 Å². The first-order valence-electron chi connectivity index (χ1n) is 8.25. The highest BCUT2D eigenvalue weighted by Gasteiger charge is 2.60. The molecule has 3 aliphatic carbocycles. The summed E-state index contributed by atoms with van der Waals surface area (Å²) < 4.78 is 0. The van der Waals surface area contributed by atoms with Crippen LogP contribution in [0.2, 0.25) is 0 Å². The minimum atomic E-state index is -0.513. The molecule has 3 amide bonds. The van der Waals surface area contributed by atoms with Crippen LogP contribution in [0.4, 0.5) is 5.69 Å². The van der Waals surface area contributed by atoms with Crippen LogP contribution in [0, 0.1) is 23.7 Å². The molecular formula is C18H18N2O4. The fourth-order valence-electron chi connectivity index (χ4n) is 4.57. The first-order valence-corrected chi connectivity index (χ1v) is 8.25. The van der Waals surface area contributed by atoms with Gasteiger partial charge in [-0.25, -0.2) is 0 Å². The lowest BCUT2D eigenvalue weighted by Crippen LogP contribution is -2.46. The number of ketones is 1. The van der Waals surface area contributed by atoms with Crippen LogP contribution in [0.1, 0.15) is 29.6 Å². The molecule has 5 rings (SSSR count). The molecule has 24 heavy (non-hydrogen) atoms. The van der Waals surface area contributed by atoms with E-state index in [2.05, 4.69) is 5.32 Å². The number of carbonyl (C=O) groups excluding carboxylic acids is 4. The highest BCUT2D eigenvalue weighted by atomic mass is 16.2. The molecule has 2 bridgehead atoms. The van der Waals surface area contributed by atoms with Crippen molar-refractivity contribution in [2.45, 2.75) is 19.3 Å². The van der Waals surface area contributed by atoms with E-state index in [1.165, 1.54) is 11.9 Å². The molecule has 1 aromatic rings. The molecule has 4 atom stereocenters. The van der Waals surface area contributed by atoms with Gasteiger partial charge < -0.3 is 5.32 Å². The monoisotopic (exact) mass is 326 g/mol. The highest BCUT2D eigenvalue weighted by Crippen LogP contribution is 2.52. The number of rotatable bonds is 2. The maximum absolute atomic E-state index is 12.9. The van der Waals surface area contributed by atoms with Gasteiger partial charge in [-0.1, -0.05) is 6.07 Å². The van der Waals surface area contributed by atoms with Gasteiger partial charge in [0.2, 0.25) is 11.8 Å². The number of hydrogen-bond donors (Lipinski definition) is 1. The van der Waals surface area contributed by atoms with Crippen molar-refractivity contribution in [2.24, 2.45) is 23.7 Å². The standard InChI is InChI=1S/C18H18N2O4/c1-19-16(22)10-3-2-4-11(7-10)20-17(23)14-9-5-6-12(13(21)8-9)15(14)18(20)24/h2-4,7,9,12,14-15H,5-6,8H2,1H3,(H,19,22)/t9-,12+,14?,15-/m0/s1. The molecule has 6 nitrogen and oxygen atoms in total. The van der Waals surface area contributed by atoms with Crippen molar-refractivity contribution >= 4 is 29.2 Å². The molecule has 0 aromatic heterocycles. The summed E-state index contributed by atoms with van der Waals surface area (Å²) in [4.78, 5) is 50.9. The lowest BCUT2D eigenvalue weighted by atomic mass is 9.59. The summed E-state index contributed by atoms with van der Waals surface area (Å²) in [6.45, 7) is 0. The second-order valence-corrected chi connectivity index (χ2v) is 6.81. The summed E-state index contributed by atoms with van der Waals surface area (Å²) in [6.07, 6.45) is 1.95. The Morgan fingerprint density at radius 2 is 1.88 bits per heavy atom. The van der Waals surface area contributed by atoms with Gasteiger partial charge in [0.15, 0.2) is 0 Å². The van der Waals surface area contributed by atoms with E-state index in [9.17, 15) is 19.2 Å². The topological polar surface area (TPSA) is 83.6 Å². The van der Waals surface area contributed by atoms with E-state index in [0.29, 0.717) is 24.1 Å². The van der Waals surface area contributed by atoms with E-state index in [-0.39, 0.29) is 41.3 Å². The van der Waals surface area contributed by atoms with Gasteiger partial charge in [0.25, 0.3) is 5.91 Å². The van der Waals surface area contributed by atoms with E-state index in [0.717, 1.165) is 6.42 Å². The van der Waals surface area contributed by atoms with Crippen LogP contribution in [0.3, 0.4) is 0 Å². The predicted octanol–water partition coefficient (Wildman–Crippen LogP) is 1.15. The predicted molar refractivity (Wildman–Crippen MR) is 85.1 cm³/mol. The summed E-state index contributed by atoms with van der Waals surface area (Å²) in [5.41, 5.74) is 0.803. The largest absolute Gasteiger partial charge is 0.355 e. The molecule has 1 heterocycles. The normalized spacial score (nSPS) is 31.4. The number of nitrogens with zero attached hydrogens (tertiary/aromatic N) is 1. The van der Waals surface area contributed by atoms with Crippen LogP contribution in [-0.4, -0.2) is 30.6 Å². The number of amides is 3. The average Bonchev–Trinajstić information content (AvgIpc) is 2.87. The van der Waals surface area contributed by atoms with Crippen molar-refractivity contribution in [2.75, 3.05) is 11.9 Å². The lowest BCUT2D eigenvalue weighted by molar-refractivity contribution is -0.143. The SMILES string of the molecule is CNC(=O)c1cccc(N2C(=O)C3[C@H]4CC[C@H](C(=O)C4)[C@@H]3C2=O)c1. The third-order valence-electron chi connectivity index (χ3n) is 5.66.